The van der Waals surface area contributed by atoms with Crippen molar-refractivity contribution in [3.63, 3.8) is 0 Å². The van der Waals surface area contributed by atoms with Crippen LogP contribution in [-0.4, -0.2) is 72.1 Å². The molecule has 0 saturated carbocycles. The standard InChI is InChI=1S/C30H37N5O6/c1-4-41-27(36)17-32-30(38)28-29(37)20(2)33-26(34-28)15-21-11-13-35(14-12-21)24-8-6-23(7-9-24)25-10-5-22(16-31-25)18-40-19-39-3/h5-10,16,21,37H,4,11-15,17-19H2,1-3H3,(H,32,38). The fourth-order valence-corrected chi connectivity index (χ4v) is 4.74. The molecule has 1 saturated heterocycles. The molecule has 218 valence electrons. The first-order chi connectivity index (χ1) is 19.9. The molecular formula is C30H37N5O6. The number of piperidine rings is 1. The van der Waals surface area contributed by atoms with Crippen LogP contribution in [0.25, 0.3) is 11.3 Å². The van der Waals surface area contributed by atoms with Crippen LogP contribution in [-0.2, 0) is 32.0 Å². The van der Waals surface area contributed by atoms with E-state index in [2.05, 4.69) is 49.4 Å². The number of carbonyl (C=O) groups excluding carboxylic acids is 2. The number of nitrogens with one attached hydrogen (secondary N) is 1. The summed E-state index contributed by atoms with van der Waals surface area (Å²) in [5, 5.41) is 12.8. The van der Waals surface area contributed by atoms with Crippen molar-refractivity contribution in [2.75, 3.05) is 45.0 Å². The molecule has 3 heterocycles. The van der Waals surface area contributed by atoms with Crippen molar-refractivity contribution in [2.45, 2.75) is 39.7 Å². The number of aromatic nitrogens is 3. The van der Waals surface area contributed by atoms with Gasteiger partial charge in [-0.15, -0.1) is 0 Å². The van der Waals surface area contributed by atoms with Gasteiger partial charge in [-0.3, -0.25) is 14.6 Å². The Bertz CT molecular complexity index is 1310. The van der Waals surface area contributed by atoms with Gasteiger partial charge in [0.25, 0.3) is 5.91 Å². The quantitative estimate of drug-likeness (QED) is 0.192. The van der Waals surface area contributed by atoms with Gasteiger partial charge in [0, 0.05) is 44.1 Å². The largest absolute Gasteiger partial charge is 0.504 e. The van der Waals surface area contributed by atoms with Gasteiger partial charge in [-0.2, -0.15) is 0 Å². The maximum Gasteiger partial charge on any atom is 0.325 e. The lowest BCUT2D eigenvalue weighted by Crippen LogP contribution is -2.34. The predicted octanol–water partition coefficient (Wildman–Crippen LogP) is 3.43. The van der Waals surface area contributed by atoms with Crippen LogP contribution in [0.15, 0.2) is 42.6 Å². The third-order valence-electron chi connectivity index (χ3n) is 6.93. The molecule has 0 radical (unpaired) electrons. The van der Waals surface area contributed by atoms with Crippen LogP contribution < -0.4 is 10.2 Å². The van der Waals surface area contributed by atoms with Crippen molar-refractivity contribution >= 4 is 17.6 Å². The fraction of sp³-hybridized carbons (Fsp3) is 0.433. The molecule has 0 bridgehead atoms. The van der Waals surface area contributed by atoms with Crippen molar-refractivity contribution in [2.24, 2.45) is 5.92 Å². The Kier molecular flexibility index (Phi) is 10.6. The highest BCUT2D eigenvalue weighted by atomic mass is 16.7. The summed E-state index contributed by atoms with van der Waals surface area (Å²) in [5.41, 5.74) is 4.31. The maximum atomic E-state index is 12.6. The number of methoxy groups -OCH3 is 1. The number of aryl methyl sites for hydroxylation is 1. The molecule has 0 spiro atoms. The summed E-state index contributed by atoms with van der Waals surface area (Å²) in [6.45, 7) is 5.75. The molecule has 1 aliphatic heterocycles. The molecule has 2 aromatic heterocycles. The summed E-state index contributed by atoms with van der Waals surface area (Å²) in [7, 11) is 1.60. The minimum Gasteiger partial charge on any atom is -0.504 e. The van der Waals surface area contributed by atoms with Crippen LogP contribution >= 0.6 is 0 Å². The highest BCUT2D eigenvalue weighted by Gasteiger charge is 2.24. The summed E-state index contributed by atoms with van der Waals surface area (Å²) in [6.07, 6.45) is 4.32. The van der Waals surface area contributed by atoms with E-state index in [0.717, 1.165) is 48.4 Å². The van der Waals surface area contributed by atoms with Crippen LogP contribution in [0.2, 0.25) is 0 Å². The summed E-state index contributed by atoms with van der Waals surface area (Å²) in [5.74, 6) is -0.616. The minimum absolute atomic E-state index is 0.127. The average molecular weight is 564 g/mol. The molecule has 0 atom stereocenters. The molecular weight excluding hydrogens is 526 g/mol. The number of aromatic hydroxyl groups is 1. The normalized spacial score (nSPS) is 13.7. The van der Waals surface area contributed by atoms with E-state index >= 15 is 0 Å². The number of ether oxygens (including phenoxy) is 3. The molecule has 11 heteroatoms. The molecule has 4 rings (SSSR count). The van der Waals surface area contributed by atoms with E-state index < -0.39 is 11.9 Å². The Morgan fingerprint density at radius 2 is 1.85 bits per heavy atom. The first-order valence-electron chi connectivity index (χ1n) is 13.7. The van der Waals surface area contributed by atoms with Crippen molar-refractivity contribution < 1.29 is 28.9 Å². The molecule has 2 N–H and O–H groups in total. The Morgan fingerprint density at radius 3 is 2.51 bits per heavy atom. The zero-order valence-corrected chi connectivity index (χ0v) is 23.8. The van der Waals surface area contributed by atoms with Gasteiger partial charge in [-0.1, -0.05) is 18.2 Å². The van der Waals surface area contributed by atoms with E-state index in [0.29, 0.717) is 30.5 Å². The van der Waals surface area contributed by atoms with Crippen molar-refractivity contribution in [3.8, 4) is 17.0 Å². The minimum atomic E-state index is -0.636. The topological polar surface area (TPSA) is 136 Å². The third-order valence-corrected chi connectivity index (χ3v) is 6.93. The first kappa shape index (κ1) is 29.9. The lowest BCUT2D eigenvalue weighted by atomic mass is 9.92. The van der Waals surface area contributed by atoms with Gasteiger partial charge in [-0.25, -0.2) is 9.97 Å². The average Bonchev–Trinajstić information content (AvgIpc) is 2.99. The van der Waals surface area contributed by atoms with Crippen molar-refractivity contribution in [1.82, 2.24) is 20.3 Å². The highest BCUT2D eigenvalue weighted by molar-refractivity contribution is 5.96. The summed E-state index contributed by atoms with van der Waals surface area (Å²) in [6, 6.07) is 12.4. The number of esters is 1. The summed E-state index contributed by atoms with van der Waals surface area (Å²) < 4.78 is 15.1. The Hall–Kier alpha value is -4.09. The number of carbonyl (C=O) groups is 2. The fourth-order valence-electron chi connectivity index (χ4n) is 4.74. The number of nitrogens with zero attached hydrogens (tertiary/aromatic N) is 4. The van der Waals surface area contributed by atoms with Gasteiger partial charge in [0.05, 0.1) is 24.6 Å². The Labute approximate surface area is 239 Å². The maximum absolute atomic E-state index is 12.6. The summed E-state index contributed by atoms with van der Waals surface area (Å²) >= 11 is 0. The molecule has 11 nitrogen and oxygen atoms in total. The Balaban J connectivity index is 1.31. The molecule has 41 heavy (non-hydrogen) atoms. The molecule has 1 aromatic carbocycles. The second kappa shape index (κ2) is 14.5. The number of amides is 1. The number of pyridine rings is 1. The molecule has 3 aromatic rings. The van der Waals surface area contributed by atoms with Crippen LogP contribution in [0.3, 0.4) is 0 Å². The number of hydrogen-bond donors (Lipinski definition) is 2. The van der Waals surface area contributed by atoms with Gasteiger partial charge in [0.2, 0.25) is 0 Å². The van der Waals surface area contributed by atoms with E-state index in [4.69, 9.17) is 14.2 Å². The number of benzene rings is 1. The van der Waals surface area contributed by atoms with Crippen molar-refractivity contribution in [1.29, 1.82) is 0 Å². The second-order valence-corrected chi connectivity index (χ2v) is 9.90. The third kappa shape index (κ3) is 8.21. The molecule has 0 aliphatic carbocycles. The molecule has 0 unspecified atom stereocenters. The zero-order valence-electron chi connectivity index (χ0n) is 23.8. The van der Waals surface area contributed by atoms with E-state index in [-0.39, 0.29) is 31.4 Å². The number of anilines is 1. The van der Waals surface area contributed by atoms with Crippen LogP contribution in [0.1, 0.15) is 47.3 Å². The van der Waals surface area contributed by atoms with E-state index in [1.165, 1.54) is 0 Å². The lowest BCUT2D eigenvalue weighted by molar-refractivity contribution is -0.141. The monoisotopic (exact) mass is 563 g/mol. The van der Waals surface area contributed by atoms with Crippen LogP contribution in [0.4, 0.5) is 5.69 Å². The van der Waals surface area contributed by atoms with Gasteiger partial charge < -0.3 is 29.5 Å². The number of rotatable bonds is 12. The molecule has 1 amide bonds. The number of hydrogen-bond acceptors (Lipinski definition) is 10. The van der Waals surface area contributed by atoms with Gasteiger partial charge in [-0.05, 0) is 56.4 Å². The predicted molar refractivity (Wildman–Crippen MR) is 152 cm³/mol. The first-order valence-corrected chi connectivity index (χ1v) is 13.7. The van der Waals surface area contributed by atoms with E-state index in [1.807, 2.05) is 18.3 Å². The van der Waals surface area contributed by atoms with Gasteiger partial charge >= 0.3 is 5.97 Å². The summed E-state index contributed by atoms with van der Waals surface area (Å²) in [4.78, 5) is 39.8. The van der Waals surface area contributed by atoms with Gasteiger partial charge in [0.1, 0.15) is 19.2 Å². The second-order valence-electron chi connectivity index (χ2n) is 9.90. The zero-order chi connectivity index (χ0) is 29.2. The van der Waals surface area contributed by atoms with E-state index in [9.17, 15) is 14.7 Å². The highest BCUT2D eigenvalue weighted by Crippen LogP contribution is 2.28. The SMILES string of the molecule is CCOC(=O)CNC(=O)c1nc(CC2CCN(c3ccc(-c4ccc(COCOC)cn4)cc3)CC2)nc(C)c1O. The van der Waals surface area contributed by atoms with Crippen molar-refractivity contribution in [3.05, 3.63) is 65.4 Å². The smallest absolute Gasteiger partial charge is 0.325 e. The Morgan fingerprint density at radius 1 is 1.10 bits per heavy atom. The van der Waals surface area contributed by atoms with Crippen LogP contribution in [0, 0.1) is 12.8 Å². The lowest BCUT2D eigenvalue weighted by Gasteiger charge is -2.33. The van der Waals surface area contributed by atoms with E-state index in [1.54, 1.807) is 21.0 Å². The molecule has 1 aliphatic rings. The van der Waals surface area contributed by atoms with Gasteiger partial charge in [0.15, 0.2) is 11.4 Å². The molecule has 1 fully saturated rings. The van der Waals surface area contributed by atoms with Crippen LogP contribution in [0.5, 0.6) is 5.75 Å².